The number of hydrogen-bond donors (Lipinski definition) is 2. The van der Waals surface area contributed by atoms with Crippen LogP contribution in [0.1, 0.15) is 47.1 Å². The number of piperidine rings is 3. The number of rotatable bonds is 9. The molecule has 3 aliphatic rings. The number of furan rings is 1. The maximum Gasteiger partial charge on any atom is 0.287 e. The molecule has 0 radical (unpaired) electrons. The monoisotopic (exact) mass is 475 g/mol. The Kier molecular flexibility index (Phi) is 7.16. The van der Waals surface area contributed by atoms with E-state index in [0.717, 1.165) is 55.4 Å². The summed E-state index contributed by atoms with van der Waals surface area (Å²) in [7, 11) is 0. The highest BCUT2D eigenvalue weighted by molar-refractivity contribution is 6.01. The number of nitrogens with one attached hydrogen (secondary N) is 2. The molecule has 0 spiro atoms. The SMILES string of the molecule is CCOCCCNC(=O)c1cccc(-c2cccc3cc(C(=O)NC4CN5CCC4CC5)oc23)c1. The molecule has 2 N–H and O–H groups in total. The van der Waals surface area contributed by atoms with E-state index in [9.17, 15) is 9.59 Å². The number of nitrogens with zero attached hydrogens (tertiary/aromatic N) is 1. The number of para-hydroxylation sites is 1. The topological polar surface area (TPSA) is 83.8 Å². The number of fused-ring (bicyclic) bond motifs is 4. The minimum atomic E-state index is -0.161. The number of carbonyl (C=O) groups is 2. The molecule has 35 heavy (non-hydrogen) atoms. The third-order valence-electron chi connectivity index (χ3n) is 7.13. The van der Waals surface area contributed by atoms with Crippen LogP contribution in [-0.2, 0) is 4.74 Å². The first-order valence-electron chi connectivity index (χ1n) is 12.6. The molecule has 3 saturated heterocycles. The van der Waals surface area contributed by atoms with E-state index in [1.807, 2.05) is 49.4 Å². The van der Waals surface area contributed by atoms with Crippen LogP contribution in [0.4, 0.5) is 0 Å². The fourth-order valence-corrected chi connectivity index (χ4v) is 5.22. The van der Waals surface area contributed by atoms with Gasteiger partial charge < -0.3 is 24.7 Å². The van der Waals surface area contributed by atoms with Gasteiger partial charge in [-0.2, -0.15) is 0 Å². The lowest BCUT2D eigenvalue weighted by Crippen LogP contribution is -2.57. The summed E-state index contributed by atoms with van der Waals surface area (Å²) in [4.78, 5) is 28.1. The summed E-state index contributed by atoms with van der Waals surface area (Å²) < 4.78 is 11.4. The number of ether oxygens (including phenoxy) is 1. The van der Waals surface area contributed by atoms with E-state index in [0.29, 0.717) is 42.6 Å². The van der Waals surface area contributed by atoms with Crippen molar-refractivity contribution < 1.29 is 18.7 Å². The van der Waals surface area contributed by atoms with Crippen LogP contribution in [0.25, 0.3) is 22.1 Å². The van der Waals surface area contributed by atoms with Crippen molar-refractivity contribution in [1.82, 2.24) is 15.5 Å². The van der Waals surface area contributed by atoms with Gasteiger partial charge in [-0.15, -0.1) is 0 Å². The van der Waals surface area contributed by atoms with E-state index in [2.05, 4.69) is 15.5 Å². The first-order chi connectivity index (χ1) is 17.1. The molecule has 0 aliphatic carbocycles. The van der Waals surface area contributed by atoms with Gasteiger partial charge >= 0.3 is 0 Å². The van der Waals surface area contributed by atoms with E-state index in [1.165, 1.54) is 0 Å². The van der Waals surface area contributed by atoms with Crippen LogP contribution in [0.2, 0.25) is 0 Å². The van der Waals surface area contributed by atoms with E-state index < -0.39 is 0 Å². The lowest BCUT2D eigenvalue weighted by atomic mass is 9.84. The molecule has 7 heteroatoms. The zero-order valence-electron chi connectivity index (χ0n) is 20.2. The summed E-state index contributed by atoms with van der Waals surface area (Å²) in [5.41, 5.74) is 2.97. The second kappa shape index (κ2) is 10.6. The Morgan fingerprint density at radius 1 is 1.09 bits per heavy atom. The van der Waals surface area contributed by atoms with E-state index in [1.54, 1.807) is 6.07 Å². The van der Waals surface area contributed by atoms with Crippen LogP contribution in [0.3, 0.4) is 0 Å². The fourth-order valence-electron chi connectivity index (χ4n) is 5.22. The highest BCUT2D eigenvalue weighted by Crippen LogP contribution is 2.32. The second-order valence-electron chi connectivity index (χ2n) is 9.44. The summed E-state index contributed by atoms with van der Waals surface area (Å²) in [6, 6.07) is 15.3. The van der Waals surface area contributed by atoms with Crippen LogP contribution in [0, 0.1) is 5.92 Å². The quantitative estimate of drug-likeness (QED) is 0.456. The number of amides is 2. The lowest BCUT2D eigenvalue weighted by molar-refractivity contribution is 0.0607. The summed E-state index contributed by atoms with van der Waals surface area (Å²) in [5.74, 6) is 0.600. The Morgan fingerprint density at radius 2 is 1.91 bits per heavy atom. The Morgan fingerprint density at radius 3 is 2.69 bits per heavy atom. The lowest BCUT2D eigenvalue weighted by Gasteiger charge is -2.44. The van der Waals surface area contributed by atoms with Gasteiger partial charge in [0, 0.05) is 48.9 Å². The smallest absolute Gasteiger partial charge is 0.287 e. The molecule has 6 rings (SSSR count). The number of hydrogen-bond acceptors (Lipinski definition) is 5. The van der Waals surface area contributed by atoms with Gasteiger partial charge in [-0.3, -0.25) is 9.59 Å². The van der Waals surface area contributed by atoms with Crippen molar-refractivity contribution in [2.75, 3.05) is 39.4 Å². The highest BCUT2D eigenvalue weighted by atomic mass is 16.5. The summed E-state index contributed by atoms with van der Waals surface area (Å²) in [5, 5.41) is 7.02. The molecule has 1 unspecified atom stereocenters. The Hall–Kier alpha value is -3.16. The van der Waals surface area contributed by atoms with Gasteiger partial charge in [0.05, 0.1) is 0 Å². The molecule has 1 aromatic heterocycles. The largest absolute Gasteiger partial charge is 0.450 e. The van der Waals surface area contributed by atoms with Crippen LogP contribution >= 0.6 is 0 Å². The average molecular weight is 476 g/mol. The van der Waals surface area contributed by atoms with Crippen LogP contribution in [0.5, 0.6) is 0 Å². The van der Waals surface area contributed by atoms with Gasteiger partial charge in [0.25, 0.3) is 11.8 Å². The zero-order valence-corrected chi connectivity index (χ0v) is 20.2. The molecule has 1 atom stereocenters. The third-order valence-corrected chi connectivity index (χ3v) is 7.13. The minimum absolute atomic E-state index is 0.118. The van der Waals surface area contributed by atoms with Gasteiger partial charge in [0.2, 0.25) is 0 Å². The van der Waals surface area contributed by atoms with Crippen LogP contribution in [0.15, 0.2) is 52.9 Å². The molecule has 2 aromatic carbocycles. The van der Waals surface area contributed by atoms with E-state index in [4.69, 9.17) is 9.15 Å². The standard InChI is InChI=1S/C28H33N3O4/c1-2-34-15-5-12-29-27(32)22-8-3-6-20(16-22)23-9-4-7-21-17-25(35-26(21)23)28(33)30-24-18-31-13-10-19(24)11-14-31/h3-4,6-9,16-17,19,24H,2,5,10-15,18H2,1H3,(H,29,32)(H,30,33). The molecule has 2 amide bonds. The molecule has 4 heterocycles. The molecule has 3 fully saturated rings. The van der Waals surface area contributed by atoms with Crippen molar-refractivity contribution in [3.05, 3.63) is 59.9 Å². The normalized spacial score (nSPS) is 21.2. The van der Waals surface area contributed by atoms with Gasteiger partial charge in [0.1, 0.15) is 5.58 Å². The molecule has 7 nitrogen and oxygen atoms in total. The Balaban J connectivity index is 1.32. The predicted molar refractivity (Wildman–Crippen MR) is 136 cm³/mol. The van der Waals surface area contributed by atoms with E-state index in [-0.39, 0.29) is 17.9 Å². The van der Waals surface area contributed by atoms with E-state index >= 15 is 0 Å². The van der Waals surface area contributed by atoms with Gasteiger partial charge in [-0.1, -0.05) is 30.3 Å². The molecule has 2 bridgehead atoms. The minimum Gasteiger partial charge on any atom is -0.450 e. The zero-order chi connectivity index (χ0) is 24.2. The summed E-state index contributed by atoms with van der Waals surface area (Å²) in [6.07, 6.45) is 3.06. The molecule has 184 valence electrons. The maximum absolute atomic E-state index is 13.0. The van der Waals surface area contributed by atoms with Gasteiger partial charge in [-0.25, -0.2) is 0 Å². The Bertz CT molecular complexity index is 1200. The van der Waals surface area contributed by atoms with Gasteiger partial charge in [-0.05, 0) is 69.0 Å². The average Bonchev–Trinajstić information content (AvgIpc) is 3.34. The molecule has 3 aliphatic heterocycles. The number of benzene rings is 2. The van der Waals surface area contributed by atoms with Crippen molar-refractivity contribution in [2.24, 2.45) is 5.92 Å². The second-order valence-corrected chi connectivity index (χ2v) is 9.44. The number of carbonyl (C=O) groups excluding carboxylic acids is 2. The first kappa shape index (κ1) is 23.6. The first-order valence-corrected chi connectivity index (χ1v) is 12.6. The van der Waals surface area contributed by atoms with Gasteiger partial charge in [0.15, 0.2) is 5.76 Å². The van der Waals surface area contributed by atoms with Crippen molar-refractivity contribution in [1.29, 1.82) is 0 Å². The molecule has 0 saturated carbocycles. The van der Waals surface area contributed by atoms with Crippen molar-refractivity contribution >= 4 is 22.8 Å². The van der Waals surface area contributed by atoms with Crippen molar-refractivity contribution in [3.8, 4) is 11.1 Å². The Labute approximate surface area is 205 Å². The highest BCUT2D eigenvalue weighted by Gasteiger charge is 2.35. The van der Waals surface area contributed by atoms with Crippen molar-refractivity contribution in [2.45, 2.75) is 32.2 Å². The van der Waals surface area contributed by atoms with Crippen LogP contribution in [-0.4, -0.2) is 62.1 Å². The fraction of sp³-hybridized carbons (Fsp3) is 0.429. The summed E-state index contributed by atoms with van der Waals surface area (Å²) in [6.45, 7) is 7.02. The maximum atomic E-state index is 13.0. The summed E-state index contributed by atoms with van der Waals surface area (Å²) >= 11 is 0. The van der Waals surface area contributed by atoms with Crippen molar-refractivity contribution in [3.63, 3.8) is 0 Å². The van der Waals surface area contributed by atoms with Crippen LogP contribution < -0.4 is 10.6 Å². The molecular formula is C28H33N3O4. The molecular weight excluding hydrogens is 442 g/mol. The third kappa shape index (κ3) is 5.26. The molecule has 3 aromatic rings. The predicted octanol–water partition coefficient (Wildman–Crippen LogP) is 4.08.